The van der Waals surface area contributed by atoms with Crippen LogP contribution < -0.4 is 9.47 Å². The Morgan fingerprint density at radius 3 is 1.62 bits per heavy atom. The molecule has 3 saturated heterocycles. The Hall–Kier alpha value is -3.82. The van der Waals surface area contributed by atoms with Crippen molar-refractivity contribution in [3.05, 3.63) is 41.2 Å². The molecular formula is C33H42O22. The smallest absolute Gasteiger partial charge is 0.229 e. The van der Waals surface area contributed by atoms with Crippen LogP contribution in [0.1, 0.15) is 17.2 Å². The van der Waals surface area contributed by atoms with Crippen molar-refractivity contribution in [1.29, 1.82) is 0 Å². The number of phenols is 4. The summed E-state index contributed by atoms with van der Waals surface area (Å²) in [6, 6.07) is 4.06. The number of phenolic OH excluding ortho intramolecular Hbond substituents is 4. The summed E-state index contributed by atoms with van der Waals surface area (Å²) in [6.45, 7) is -2.52. The molecule has 55 heavy (non-hydrogen) atoms. The minimum atomic E-state index is -2.00. The van der Waals surface area contributed by atoms with E-state index in [0.717, 1.165) is 24.3 Å². The number of fused-ring (bicyclic) bond motifs is 1. The van der Waals surface area contributed by atoms with E-state index in [9.17, 15) is 76.6 Å². The van der Waals surface area contributed by atoms with Crippen LogP contribution in [0.3, 0.4) is 0 Å². The molecule has 4 heterocycles. The molecule has 0 saturated carbocycles. The molecule has 0 spiro atoms. The van der Waals surface area contributed by atoms with Crippen LogP contribution in [-0.2, 0) is 23.7 Å². The molecule has 15 N–H and O–H groups in total. The molecule has 16 unspecified atom stereocenters. The number of benzene rings is 2. The van der Waals surface area contributed by atoms with Crippen molar-refractivity contribution < 1.29 is 110 Å². The molecule has 4 aliphatic rings. The van der Waals surface area contributed by atoms with Crippen molar-refractivity contribution in [3.63, 3.8) is 0 Å². The monoisotopic (exact) mass is 790 g/mol. The van der Waals surface area contributed by atoms with Crippen LogP contribution in [0, 0.1) is 0 Å². The molecule has 6 rings (SSSR count). The molecule has 22 heteroatoms. The first-order valence-corrected chi connectivity index (χ1v) is 16.8. The average Bonchev–Trinajstić information content (AvgIpc) is 3.16. The zero-order valence-electron chi connectivity index (χ0n) is 28.3. The molecular weight excluding hydrogens is 748 g/mol. The minimum Gasteiger partial charge on any atom is -0.508 e. The molecule has 2 aromatic rings. The third-order valence-corrected chi connectivity index (χ3v) is 9.58. The SMILES string of the molecule is OCC1OC(Oc2cc(O)cc3c2C=C(OC2OC(CO)C(O)C(O)C2OC2OC(CO)C(O)C(O)C2O)C(c2cc(O)c(O)c(O)c2)O3)C(O)C(O)C1O. The lowest BCUT2D eigenvalue weighted by Crippen LogP contribution is -2.64. The lowest BCUT2D eigenvalue weighted by atomic mass is 9.97. The first-order valence-electron chi connectivity index (χ1n) is 16.8. The second-order valence-corrected chi connectivity index (χ2v) is 13.2. The van der Waals surface area contributed by atoms with E-state index >= 15 is 0 Å². The molecule has 0 amide bonds. The number of hydrogen-bond donors (Lipinski definition) is 15. The highest BCUT2D eigenvalue weighted by atomic mass is 16.8. The maximum Gasteiger partial charge on any atom is 0.229 e. The lowest BCUT2D eigenvalue weighted by Gasteiger charge is -2.46. The highest BCUT2D eigenvalue weighted by molar-refractivity contribution is 5.70. The fourth-order valence-corrected chi connectivity index (χ4v) is 6.49. The third-order valence-electron chi connectivity index (χ3n) is 9.58. The van der Waals surface area contributed by atoms with Gasteiger partial charge in [-0.05, 0) is 18.2 Å². The molecule has 0 aromatic heterocycles. The van der Waals surface area contributed by atoms with Gasteiger partial charge in [-0.15, -0.1) is 0 Å². The van der Waals surface area contributed by atoms with Crippen molar-refractivity contribution in [1.82, 2.24) is 0 Å². The number of aliphatic hydroxyl groups is 11. The summed E-state index contributed by atoms with van der Waals surface area (Å²) in [5.41, 5.74) is -0.208. The number of aromatic hydroxyl groups is 4. The Morgan fingerprint density at radius 2 is 1.05 bits per heavy atom. The second-order valence-electron chi connectivity index (χ2n) is 13.2. The van der Waals surface area contributed by atoms with Gasteiger partial charge < -0.3 is 110 Å². The molecule has 4 aliphatic heterocycles. The van der Waals surface area contributed by atoms with Gasteiger partial charge in [0.15, 0.2) is 35.7 Å². The summed E-state index contributed by atoms with van der Waals surface area (Å²) >= 11 is 0. The van der Waals surface area contributed by atoms with Crippen molar-refractivity contribution in [2.24, 2.45) is 0 Å². The number of rotatable bonds is 10. The van der Waals surface area contributed by atoms with E-state index in [1.54, 1.807) is 0 Å². The molecule has 0 aliphatic carbocycles. The second kappa shape index (κ2) is 16.3. The van der Waals surface area contributed by atoms with Crippen LogP contribution in [0.2, 0.25) is 0 Å². The Kier molecular flexibility index (Phi) is 12.1. The highest BCUT2D eigenvalue weighted by Gasteiger charge is 2.52. The van der Waals surface area contributed by atoms with Gasteiger partial charge in [0.1, 0.15) is 90.2 Å². The van der Waals surface area contributed by atoms with Crippen LogP contribution >= 0.6 is 0 Å². The predicted octanol–water partition coefficient (Wildman–Crippen LogP) is -5.20. The molecule has 0 bridgehead atoms. The van der Waals surface area contributed by atoms with Gasteiger partial charge in [-0.3, -0.25) is 0 Å². The van der Waals surface area contributed by atoms with Crippen LogP contribution in [0.5, 0.6) is 34.5 Å². The van der Waals surface area contributed by atoms with Gasteiger partial charge in [-0.25, -0.2) is 0 Å². The zero-order chi connectivity index (χ0) is 40.0. The Bertz CT molecular complexity index is 1660. The minimum absolute atomic E-state index is 0.0882. The van der Waals surface area contributed by atoms with Crippen LogP contribution in [0.4, 0.5) is 0 Å². The standard InChI is InChI=1S/C33H42O22/c34-6-17-21(41)24(44)27(47)31(52-17)50-15-4-10(37)3-14-11(15)5-16(29(49-14)9-1-12(38)20(40)13(39)2-9)51-33-30(26(46)23(43)19(8-36)54-33)55-32-28(48)25(45)22(42)18(7-35)53-32/h1-5,17-19,21-48H,6-8H2. The normalized spacial score (nSPS) is 39.1. The molecule has 306 valence electrons. The van der Waals surface area contributed by atoms with E-state index in [2.05, 4.69) is 0 Å². The van der Waals surface area contributed by atoms with E-state index in [-0.39, 0.29) is 28.4 Å². The quantitative estimate of drug-likeness (QED) is 0.100. The van der Waals surface area contributed by atoms with Crippen molar-refractivity contribution in [3.8, 4) is 34.5 Å². The average molecular weight is 791 g/mol. The van der Waals surface area contributed by atoms with E-state index in [4.69, 9.17) is 33.2 Å². The summed E-state index contributed by atoms with van der Waals surface area (Å²) in [5, 5.41) is 155. The van der Waals surface area contributed by atoms with Gasteiger partial charge in [0, 0.05) is 17.7 Å². The maximum absolute atomic E-state index is 11.2. The van der Waals surface area contributed by atoms with Crippen molar-refractivity contribution >= 4 is 6.08 Å². The van der Waals surface area contributed by atoms with Gasteiger partial charge >= 0.3 is 0 Å². The number of hydrogen-bond acceptors (Lipinski definition) is 22. The van der Waals surface area contributed by atoms with E-state index in [0.29, 0.717) is 0 Å². The van der Waals surface area contributed by atoms with E-state index in [1.807, 2.05) is 0 Å². The topological polar surface area (TPSA) is 368 Å². The third kappa shape index (κ3) is 7.80. The van der Waals surface area contributed by atoms with Gasteiger partial charge in [0.25, 0.3) is 0 Å². The summed E-state index contributed by atoms with van der Waals surface area (Å²) in [4.78, 5) is 0. The summed E-state index contributed by atoms with van der Waals surface area (Å²) in [6.07, 6.45) is -27.2. The van der Waals surface area contributed by atoms with Gasteiger partial charge in [-0.2, -0.15) is 0 Å². The van der Waals surface area contributed by atoms with Gasteiger partial charge in [0.2, 0.25) is 12.6 Å². The highest BCUT2D eigenvalue weighted by Crippen LogP contribution is 2.48. The molecule has 22 nitrogen and oxygen atoms in total. The fourth-order valence-electron chi connectivity index (χ4n) is 6.49. The van der Waals surface area contributed by atoms with Crippen LogP contribution in [-0.4, -0.2) is 189 Å². The number of aliphatic hydroxyl groups excluding tert-OH is 11. The largest absolute Gasteiger partial charge is 0.508 e. The summed E-state index contributed by atoms with van der Waals surface area (Å²) < 4.78 is 40.4. The van der Waals surface area contributed by atoms with E-state index < -0.39 is 141 Å². The first kappa shape index (κ1) is 40.8. The summed E-state index contributed by atoms with van der Waals surface area (Å²) in [7, 11) is 0. The summed E-state index contributed by atoms with van der Waals surface area (Å²) in [5.74, 6) is -3.90. The fraction of sp³-hybridized carbons (Fsp3) is 0.576. The van der Waals surface area contributed by atoms with E-state index in [1.165, 1.54) is 6.08 Å². The van der Waals surface area contributed by atoms with Crippen molar-refractivity contribution in [2.45, 2.75) is 98.2 Å². The van der Waals surface area contributed by atoms with Gasteiger partial charge in [-0.1, -0.05) is 0 Å². The molecule has 2 aromatic carbocycles. The van der Waals surface area contributed by atoms with Crippen molar-refractivity contribution in [2.75, 3.05) is 19.8 Å². The Morgan fingerprint density at radius 1 is 0.545 bits per heavy atom. The van der Waals surface area contributed by atoms with Crippen LogP contribution in [0.15, 0.2) is 30.0 Å². The maximum atomic E-state index is 11.2. The first-order chi connectivity index (χ1) is 26.1. The van der Waals surface area contributed by atoms with Gasteiger partial charge in [0.05, 0.1) is 25.4 Å². The lowest BCUT2D eigenvalue weighted by molar-refractivity contribution is -0.364. The molecule has 3 fully saturated rings. The Balaban J connectivity index is 1.41. The molecule has 16 atom stereocenters. The zero-order valence-corrected chi connectivity index (χ0v) is 28.3. The Labute approximate surface area is 309 Å². The van der Waals surface area contributed by atoms with Crippen LogP contribution in [0.25, 0.3) is 6.08 Å². The predicted molar refractivity (Wildman–Crippen MR) is 173 cm³/mol. The number of ether oxygens (including phenoxy) is 7. The molecule has 0 radical (unpaired) electrons.